The zero-order valence-electron chi connectivity index (χ0n) is 10.1. The van der Waals surface area contributed by atoms with Gasteiger partial charge in [0, 0.05) is 0 Å². The number of thiophene rings is 1. The van der Waals surface area contributed by atoms with Gasteiger partial charge in [-0.05, 0) is 60.3 Å². The SMILES string of the molecule is c1ccc(CCNCCCc2ccsc2)cc1. The summed E-state index contributed by atoms with van der Waals surface area (Å²) in [5.74, 6) is 0. The molecule has 1 aromatic heterocycles. The van der Waals surface area contributed by atoms with Crippen LogP contribution in [0.15, 0.2) is 47.2 Å². The molecule has 0 saturated carbocycles. The lowest BCUT2D eigenvalue weighted by molar-refractivity contribution is 0.648. The maximum atomic E-state index is 3.50. The van der Waals surface area contributed by atoms with Crippen LogP contribution in [0.5, 0.6) is 0 Å². The highest BCUT2D eigenvalue weighted by Crippen LogP contribution is 2.07. The van der Waals surface area contributed by atoms with Crippen LogP contribution in [0.25, 0.3) is 0 Å². The Bertz CT molecular complexity index is 394. The van der Waals surface area contributed by atoms with E-state index in [0.717, 1.165) is 19.5 Å². The van der Waals surface area contributed by atoms with Crippen molar-refractivity contribution in [2.45, 2.75) is 19.3 Å². The Labute approximate surface area is 108 Å². The van der Waals surface area contributed by atoms with Crippen LogP contribution in [0, 0.1) is 0 Å². The fourth-order valence-corrected chi connectivity index (χ4v) is 2.56. The summed E-state index contributed by atoms with van der Waals surface area (Å²) in [7, 11) is 0. The Morgan fingerprint density at radius 1 is 0.882 bits per heavy atom. The highest BCUT2D eigenvalue weighted by atomic mass is 32.1. The number of rotatable bonds is 7. The van der Waals surface area contributed by atoms with E-state index in [9.17, 15) is 0 Å². The van der Waals surface area contributed by atoms with Gasteiger partial charge in [0.1, 0.15) is 0 Å². The molecule has 0 atom stereocenters. The Morgan fingerprint density at radius 2 is 1.76 bits per heavy atom. The maximum Gasteiger partial charge on any atom is -0.000835 e. The molecule has 1 heterocycles. The van der Waals surface area contributed by atoms with Gasteiger partial charge in [0.05, 0.1) is 0 Å². The summed E-state index contributed by atoms with van der Waals surface area (Å²) in [5, 5.41) is 7.89. The monoisotopic (exact) mass is 245 g/mol. The van der Waals surface area contributed by atoms with E-state index in [1.165, 1.54) is 24.0 Å². The van der Waals surface area contributed by atoms with E-state index >= 15 is 0 Å². The summed E-state index contributed by atoms with van der Waals surface area (Å²) >= 11 is 1.78. The van der Waals surface area contributed by atoms with Gasteiger partial charge in [0.25, 0.3) is 0 Å². The van der Waals surface area contributed by atoms with Crippen molar-refractivity contribution in [3.05, 3.63) is 58.3 Å². The van der Waals surface area contributed by atoms with Crippen molar-refractivity contribution in [3.63, 3.8) is 0 Å². The van der Waals surface area contributed by atoms with Gasteiger partial charge in [0.15, 0.2) is 0 Å². The van der Waals surface area contributed by atoms with Crippen LogP contribution in [-0.2, 0) is 12.8 Å². The molecule has 0 aliphatic heterocycles. The van der Waals surface area contributed by atoms with E-state index < -0.39 is 0 Å². The van der Waals surface area contributed by atoms with E-state index in [-0.39, 0.29) is 0 Å². The molecule has 2 heteroatoms. The molecule has 0 unspecified atom stereocenters. The highest BCUT2D eigenvalue weighted by molar-refractivity contribution is 7.07. The average molecular weight is 245 g/mol. The van der Waals surface area contributed by atoms with Crippen LogP contribution in [0.4, 0.5) is 0 Å². The molecule has 0 radical (unpaired) electrons. The minimum atomic E-state index is 1.08. The fraction of sp³-hybridized carbons (Fsp3) is 0.333. The first-order valence-electron chi connectivity index (χ1n) is 6.21. The molecule has 1 N–H and O–H groups in total. The second kappa shape index (κ2) is 7.25. The van der Waals surface area contributed by atoms with E-state index in [0.29, 0.717) is 0 Å². The minimum Gasteiger partial charge on any atom is -0.316 e. The lowest BCUT2D eigenvalue weighted by Gasteiger charge is -2.04. The number of hydrogen-bond acceptors (Lipinski definition) is 2. The molecule has 2 rings (SSSR count). The van der Waals surface area contributed by atoms with Gasteiger partial charge >= 0.3 is 0 Å². The molecule has 0 amide bonds. The summed E-state index contributed by atoms with van der Waals surface area (Å²) in [5.41, 5.74) is 2.89. The third kappa shape index (κ3) is 4.72. The molecule has 0 aliphatic carbocycles. The van der Waals surface area contributed by atoms with Crippen LogP contribution in [-0.4, -0.2) is 13.1 Å². The van der Waals surface area contributed by atoms with E-state index in [1.807, 2.05) is 0 Å². The smallest absolute Gasteiger partial charge is 0.000835 e. The zero-order chi connectivity index (χ0) is 11.8. The van der Waals surface area contributed by atoms with Crippen molar-refractivity contribution < 1.29 is 0 Å². The highest BCUT2D eigenvalue weighted by Gasteiger charge is 1.94. The molecular weight excluding hydrogens is 226 g/mol. The fourth-order valence-electron chi connectivity index (χ4n) is 1.85. The third-order valence-corrected chi connectivity index (χ3v) is 3.56. The summed E-state index contributed by atoms with van der Waals surface area (Å²) in [6.45, 7) is 2.19. The lowest BCUT2D eigenvalue weighted by atomic mass is 10.1. The van der Waals surface area contributed by atoms with Gasteiger partial charge in [-0.25, -0.2) is 0 Å². The van der Waals surface area contributed by atoms with Crippen LogP contribution < -0.4 is 5.32 Å². The second-order valence-electron chi connectivity index (χ2n) is 4.22. The molecule has 1 nitrogen and oxygen atoms in total. The normalized spacial score (nSPS) is 10.6. The van der Waals surface area contributed by atoms with Crippen molar-refractivity contribution in [1.29, 1.82) is 0 Å². The van der Waals surface area contributed by atoms with Crippen LogP contribution in [0.3, 0.4) is 0 Å². The molecular formula is C15H19NS. The van der Waals surface area contributed by atoms with Crippen molar-refractivity contribution in [2.24, 2.45) is 0 Å². The number of aryl methyl sites for hydroxylation is 1. The summed E-state index contributed by atoms with van der Waals surface area (Å²) in [4.78, 5) is 0. The van der Waals surface area contributed by atoms with Gasteiger partial charge in [0.2, 0.25) is 0 Å². The van der Waals surface area contributed by atoms with Gasteiger partial charge in [-0.2, -0.15) is 11.3 Å². The van der Waals surface area contributed by atoms with Crippen LogP contribution >= 0.6 is 11.3 Å². The Morgan fingerprint density at radius 3 is 2.53 bits per heavy atom. The van der Waals surface area contributed by atoms with Crippen LogP contribution in [0.1, 0.15) is 17.5 Å². The Balaban J connectivity index is 1.52. The van der Waals surface area contributed by atoms with Crippen molar-refractivity contribution in [1.82, 2.24) is 5.32 Å². The zero-order valence-corrected chi connectivity index (χ0v) is 10.9. The molecule has 90 valence electrons. The third-order valence-electron chi connectivity index (χ3n) is 2.83. The first-order chi connectivity index (χ1) is 8.45. The molecule has 17 heavy (non-hydrogen) atoms. The summed E-state index contributed by atoms with van der Waals surface area (Å²) < 4.78 is 0. The molecule has 0 saturated heterocycles. The summed E-state index contributed by atoms with van der Waals surface area (Å²) in [6, 6.07) is 12.9. The van der Waals surface area contributed by atoms with Gasteiger partial charge in [-0.1, -0.05) is 30.3 Å². The van der Waals surface area contributed by atoms with Crippen LogP contribution in [0.2, 0.25) is 0 Å². The second-order valence-corrected chi connectivity index (χ2v) is 5.00. The maximum absolute atomic E-state index is 3.50. The quantitative estimate of drug-likeness (QED) is 0.736. The number of nitrogens with one attached hydrogen (secondary N) is 1. The molecule has 0 fully saturated rings. The van der Waals surface area contributed by atoms with Crippen molar-refractivity contribution in [3.8, 4) is 0 Å². The van der Waals surface area contributed by atoms with E-state index in [1.54, 1.807) is 11.3 Å². The molecule has 1 aromatic carbocycles. The van der Waals surface area contributed by atoms with Gasteiger partial charge < -0.3 is 5.32 Å². The average Bonchev–Trinajstić information content (AvgIpc) is 2.88. The van der Waals surface area contributed by atoms with Gasteiger partial charge in [-0.3, -0.25) is 0 Å². The summed E-state index contributed by atoms with van der Waals surface area (Å²) in [6.07, 6.45) is 3.55. The van der Waals surface area contributed by atoms with Crippen molar-refractivity contribution >= 4 is 11.3 Å². The Kier molecular flexibility index (Phi) is 5.27. The lowest BCUT2D eigenvalue weighted by Crippen LogP contribution is -2.18. The number of hydrogen-bond donors (Lipinski definition) is 1. The topological polar surface area (TPSA) is 12.0 Å². The molecule has 0 spiro atoms. The van der Waals surface area contributed by atoms with E-state index in [4.69, 9.17) is 0 Å². The molecule has 0 bridgehead atoms. The van der Waals surface area contributed by atoms with Crippen molar-refractivity contribution in [2.75, 3.05) is 13.1 Å². The molecule has 0 aliphatic rings. The molecule has 2 aromatic rings. The Hall–Kier alpha value is -1.12. The largest absolute Gasteiger partial charge is 0.316 e. The number of benzene rings is 1. The predicted octanol–water partition coefficient (Wildman–Crippen LogP) is 3.51. The first-order valence-corrected chi connectivity index (χ1v) is 7.15. The van der Waals surface area contributed by atoms with E-state index in [2.05, 4.69) is 52.5 Å². The minimum absolute atomic E-state index is 1.08. The predicted molar refractivity (Wildman–Crippen MR) is 75.7 cm³/mol. The standard InChI is InChI=1S/C15H19NS/c1-2-5-14(6-3-1)8-11-16-10-4-7-15-9-12-17-13-15/h1-3,5-6,9,12-13,16H,4,7-8,10-11H2. The van der Waals surface area contributed by atoms with Gasteiger partial charge in [-0.15, -0.1) is 0 Å². The first kappa shape index (κ1) is 12.3.